The Labute approximate surface area is 98.8 Å². The van der Waals surface area contributed by atoms with E-state index in [2.05, 4.69) is 5.10 Å². The lowest BCUT2D eigenvalue weighted by Crippen LogP contribution is -1.94. The predicted octanol–water partition coefficient (Wildman–Crippen LogP) is 2.18. The second-order valence-electron chi connectivity index (χ2n) is 3.61. The summed E-state index contributed by atoms with van der Waals surface area (Å²) in [4.78, 5) is 10.5. The molecule has 1 N–H and O–H groups in total. The van der Waals surface area contributed by atoms with Crippen LogP contribution in [0, 0.1) is 0 Å². The molecule has 0 spiro atoms. The second kappa shape index (κ2) is 4.65. The monoisotopic (exact) mass is 228 g/mol. The first-order valence-electron chi connectivity index (χ1n) is 5.17. The van der Waals surface area contributed by atoms with Crippen LogP contribution in [-0.4, -0.2) is 20.9 Å². The van der Waals surface area contributed by atoms with Gasteiger partial charge in [0.05, 0.1) is 11.9 Å². The lowest BCUT2D eigenvalue weighted by molar-refractivity contribution is -0.131. The Hall–Kier alpha value is -2.36. The SMILES string of the molecule is Cn1ncc(/C=C/C(=O)O)c1-c1ccccc1. The van der Waals surface area contributed by atoms with Crippen LogP contribution in [0.3, 0.4) is 0 Å². The Kier molecular flexibility index (Phi) is 3.05. The first-order chi connectivity index (χ1) is 8.18. The fraction of sp³-hybridized carbons (Fsp3) is 0.0769. The summed E-state index contributed by atoms with van der Waals surface area (Å²) in [6.07, 6.45) is 4.32. The van der Waals surface area contributed by atoms with Crippen molar-refractivity contribution in [3.05, 3.63) is 48.2 Å². The van der Waals surface area contributed by atoms with Crippen molar-refractivity contribution in [2.24, 2.45) is 7.05 Å². The van der Waals surface area contributed by atoms with E-state index >= 15 is 0 Å². The van der Waals surface area contributed by atoms with Crippen molar-refractivity contribution < 1.29 is 9.90 Å². The third-order valence-electron chi connectivity index (χ3n) is 2.42. The van der Waals surface area contributed by atoms with Gasteiger partial charge < -0.3 is 5.11 Å². The molecule has 0 saturated carbocycles. The molecule has 0 aliphatic carbocycles. The van der Waals surface area contributed by atoms with Gasteiger partial charge in [-0.05, 0) is 6.08 Å². The van der Waals surface area contributed by atoms with E-state index in [0.717, 1.165) is 22.9 Å². The van der Waals surface area contributed by atoms with Gasteiger partial charge in [-0.25, -0.2) is 4.79 Å². The molecule has 0 aliphatic heterocycles. The molecule has 0 radical (unpaired) electrons. The van der Waals surface area contributed by atoms with Crippen molar-refractivity contribution in [3.63, 3.8) is 0 Å². The maximum Gasteiger partial charge on any atom is 0.328 e. The molecule has 1 aromatic carbocycles. The Morgan fingerprint density at radius 3 is 2.71 bits per heavy atom. The highest BCUT2D eigenvalue weighted by Gasteiger charge is 2.08. The molecule has 2 rings (SSSR count). The summed E-state index contributed by atoms with van der Waals surface area (Å²) in [5.41, 5.74) is 2.71. The highest BCUT2D eigenvalue weighted by Crippen LogP contribution is 2.23. The average Bonchev–Trinajstić information content (AvgIpc) is 2.69. The summed E-state index contributed by atoms with van der Waals surface area (Å²) in [7, 11) is 1.83. The minimum Gasteiger partial charge on any atom is -0.478 e. The van der Waals surface area contributed by atoms with E-state index in [-0.39, 0.29) is 0 Å². The normalized spacial score (nSPS) is 10.9. The minimum absolute atomic E-state index is 0.793. The maximum absolute atomic E-state index is 10.5. The number of aryl methyl sites for hydroxylation is 1. The highest BCUT2D eigenvalue weighted by molar-refractivity contribution is 5.87. The number of carbonyl (C=O) groups is 1. The van der Waals surface area contributed by atoms with Gasteiger partial charge in [0.15, 0.2) is 0 Å². The maximum atomic E-state index is 10.5. The van der Waals surface area contributed by atoms with E-state index in [4.69, 9.17) is 5.11 Å². The smallest absolute Gasteiger partial charge is 0.328 e. The van der Waals surface area contributed by atoms with Crippen molar-refractivity contribution in [1.82, 2.24) is 9.78 Å². The van der Waals surface area contributed by atoms with Crippen LogP contribution in [0.1, 0.15) is 5.56 Å². The van der Waals surface area contributed by atoms with Crippen LogP contribution in [0.15, 0.2) is 42.6 Å². The number of hydrogen-bond acceptors (Lipinski definition) is 2. The van der Waals surface area contributed by atoms with Crippen molar-refractivity contribution in [3.8, 4) is 11.3 Å². The van der Waals surface area contributed by atoms with Gasteiger partial charge >= 0.3 is 5.97 Å². The summed E-state index contributed by atoms with van der Waals surface area (Å²) in [5.74, 6) is -0.965. The van der Waals surface area contributed by atoms with Gasteiger partial charge in [0.25, 0.3) is 0 Å². The van der Waals surface area contributed by atoms with Crippen LogP contribution in [0.4, 0.5) is 0 Å². The Morgan fingerprint density at radius 2 is 2.06 bits per heavy atom. The lowest BCUT2D eigenvalue weighted by atomic mass is 10.1. The molecule has 2 aromatic rings. The van der Waals surface area contributed by atoms with E-state index < -0.39 is 5.97 Å². The fourth-order valence-electron chi connectivity index (χ4n) is 1.69. The summed E-state index contributed by atoms with van der Waals surface area (Å²) < 4.78 is 1.73. The number of benzene rings is 1. The number of carboxylic acids is 1. The van der Waals surface area contributed by atoms with E-state index in [9.17, 15) is 4.79 Å². The van der Waals surface area contributed by atoms with Crippen LogP contribution >= 0.6 is 0 Å². The molecule has 4 heteroatoms. The van der Waals surface area contributed by atoms with Gasteiger partial charge in [0.1, 0.15) is 0 Å². The third-order valence-corrected chi connectivity index (χ3v) is 2.42. The minimum atomic E-state index is -0.965. The first kappa shape index (κ1) is 11.1. The Bertz CT molecular complexity index is 556. The molecule has 86 valence electrons. The first-order valence-corrected chi connectivity index (χ1v) is 5.17. The van der Waals surface area contributed by atoms with Crippen molar-refractivity contribution >= 4 is 12.0 Å². The predicted molar refractivity (Wildman–Crippen MR) is 65.3 cm³/mol. The van der Waals surface area contributed by atoms with Crippen LogP contribution in [0.5, 0.6) is 0 Å². The molecule has 1 aromatic heterocycles. The number of rotatable bonds is 3. The van der Waals surface area contributed by atoms with Gasteiger partial charge in [0.2, 0.25) is 0 Å². The molecular weight excluding hydrogens is 216 g/mol. The largest absolute Gasteiger partial charge is 0.478 e. The van der Waals surface area contributed by atoms with E-state index in [1.165, 1.54) is 0 Å². The van der Waals surface area contributed by atoms with Gasteiger partial charge in [-0.15, -0.1) is 0 Å². The molecule has 0 saturated heterocycles. The molecule has 0 amide bonds. The van der Waals surface area contributed by atoms with E-state index in [0.29, 0.717) is 0 Å². The molecule has 0 atom stereocenters. The zero-order valence-electron chi connectivity index (χ0n) is 9.37. The number of hydrogen-bond donors (Lipinski definition) is 1. The van der Waals surface area contributed by atoms with Gasteiger partial charge in [-0.3, -0.25) is 4.68 Å². The molecular formula is C13H12N2O2. The molecule has 0 aliphatic rings. The lowest BCUT2D eigenvalue weighted by Gasteiger charge is -2.03. The fourth-order valence-corrected chi connectivity index (χ4v) is 1.69. The molecule has 4 nitrogen and oxygen atoms in total. The Morgan fingerprint density at radius 1 is 1.35 bits per heavy atom. The van der Waals surface area contributed by atoms with Crippen LogP contribution < -0.4 is 0 Å². The zero-order chi connectivity index (χ0) is 12.3. The van der Waals surface area contributed by atoms with Gasteiger partial charge in [-0.1, -0.05) is 30.3 Å². The van der Waals surface area contributed by atoms with Gasteiger partial charge in [0, 0.05) is 24.3 Å². The number of carboxylic acid groups (broad SMARTS) is 1. The van der Waals surface area contributed by atoms with Crippen molar-refractivity contribution in [2.75, 3.05) is 0 Å². The molecule has 0 fully saturated rings. The number of aliphatic carboxylic acids is 1. The third kappa shape index (κ3) is 2.42. The van der Waals surface area contributed by atoms with Gasteiger partial charge in [-0.2, -0.15) is 5.10 Å². The van der Waals surface area contributed by atoms with E-state index in [1.807, 2.05) is 37.4 Å². The molecule has 17 heavy (non-hydrogen) atoms. The topological polar surface area (TPSA) is 55.1 Å². The summed E-state index contributed by atoms with van der Waals surface area (Å²) >= 11 is 0. The van der Waals surface area contributed by atoms with Crippen molar-refractivity contribution in [2.45, 2.75) is 0 Å². The van der Waals surface area contributed by atoms with Crippen molar-refractivity contribution in [1.29, 1.82) is 0 Å². The molecule has 1 heterocycles. The quantitative estimate of drug-likeness (QED) is 0.819. The summed E-state index contributed by atoms with van der Waals surface area (Å²) in [6, 6.07) is 9.75. The summed E-state index contributed by atoms with van der Waals surface area (Å²) in [5, 5.41) is 12.8. The molecule has 0 unspecified atom stereocenters. The van der Waals surface area contributed by atoms with E-state index in [1.54, 1.807) is 17.0 Å². The van der Waals surface area contributed by atoms with Crippen LogP contribution in [-0.2, 0) is 11.8 Å². The average molecular weight is 228 g/mol. The second-order valence-corrected chi connectivity index (χ2v) is 3.61. The number of nitrogens with zero attached hydrogens (tertiary/aromatic N) is 2. The standard InChI is InChI=1S/C13H12N2O2/c1-15-13(10-5-3-2-4-6-10)11(9-14-15)7-8-12(16)17/h2-9H,1H3,(H,16,17)/b8-7+. The van der Waals surface area contributed by atoms with Crippen LogP contribution in [0.2, 0.25) is 0 Å². The summed E-state index contributed by atoms with van der Waals surface area (Å²) in [6.45, 7) is 0. The highest BCUT2D eigenvalue weighted by atomic mass is 16.4. The van der Waals surface area contributed by atoms with Crippen LogP contribution in [0.25, 0.3) is 17.3 Å². The zero-order valence-corrected chi connectivity index (χ0v) is 9.37. The Balaban J connectivity index is 2.47. The molecule has 0 bridgehead atoms. The number of aromatic nitrogens is 2.